The summed E-state index contributed by atoms with van der Waals surface area (Å²) < 4.78 is 12.2. The Bertz CT molecular complexity index is 1150. The van der Waals surface area contributed by atoms with E-state index in [1.165, 1.54) is 0 Å². The maximum absolute atomic E-state index is 12.7. The number of ether oxygens (including phenoxy) is 2. The standard InChI is InChI=1S/C20H18N4O3S/c1-12-9-15(20(25)21-13-6-7-16(26-2)17(10-13)27-3)22-19-11-14(23-24(12)19)18-5-4-8-28-18/h4-11H,1-3H3,(H,21,25). The molecular weight excluding hydrogens is 376 g/mol. The molecule has 4 rings (SSSR count). The number of aromatic nitrogens is 3. The Morgan fingerprint density at radius 1 is 1.11 bits per heavy atom. The van der Waals surface area contributed by atoms with Gasteiger partial charge in [-0.2, -0.15) is 5.10 Å². The fraction of sp³-hybridized carbons (Fsp3) is 0.150. The van der Waals surface area contributed by atoms with E-state index in [1.807, 2.05) is 30.5 Å². The molecule has 7 nitrogen and oxygen atoms in total. The van der Waals surface area contributed by atoms with Gasteiger partial charge in [0.1, 0.15) is 11.4 Å². The molecule has 1 amide bonds. The fourth-order valence-corrected chi connectivity index (χ4v) is 3.58. The highest BCUT2D eigenvalue weighted by Gasteiger charge is 2.15. The number of fused-ring (bicyclic) bond motifs is 1. The summed E-state index contributed by atoms with van der Waals surface area (Å²) in [7, 11) is 3.11. The average molecular weight is 394 g/mol. The van der Waals surface area contributed by atoms with Crippen molar-refractivity contribution in [2.75, 3.05) is 19.5 Å². The van der Waals surface area contributed by atoms with Gasteiger partial charge in [-0.1, -0.05) is 6.07 Å². The van der Waals surface area contributed by atoms with Gasteiger partial charge in [0.15, 0.2) is 17.1 Å². The number of nitrogens with one attached hydrogen (secondary N) is 1. The minimum Gasteiger partial charge on any atom is -0.493 e. The molecule has 0 atom stereocenters. The molecule has 0 fully saturated rings. The summed E-state index contributed by atoms with van der Waals surface area (Å²) in [5, 5.41) is 9.43. The highest BCUT2D eigenvalue weighted by atomic mass is 32.1. The zero-order valence-electron chi connectivity index (χ0n) is 15.6. The largest absolute Gasteiger partial charge is 0.493 e. The first-order valence-electron chi connectivity index (χ1n) is 8.53. The predicted octanol–water partition coefficient (Wildman–Crippen LogP) is 4.04. The van der Waals surface area contributed by atoms with Gasteiger partial charge in [-0.05, 0) is 36.6 Å². The summed E-state index contributed by atoms with van der Waals surface area (Å²) >= 11 is 1.61. The number of carbonyl (C=O) groups excluding carboxylic acids is 1. The van der Waals surface area contributed by atoms with Gasteiger partial charge in [-0.25, -0.2) is 9.50 Å². The number of nitrogens with zero attached hydrogens (tertiary/aromatic N) is 3. The number of aryl methyl sites for hydroxylation is 1. The number of amides is 1. The third-order valence-electron chi connectivity index (χ3n) is 4.25. The summed E-state index contributed by atoms with van der Waals surface area (Å²) in [6.45, 7) is 1.90. The normalized spacial score (nSPS) is 10.8. The molecule has 3 aromatic heterocycles. The number of anilines is 1. The van der Waals surface area contributed by atoms with Crippen LogP contribution in [-0.4, -0.2) is 34.7 Å². The minimum absolute atomic E-state index is 0.309. The second kappa shape index (κ2) is 7.32. The van der Waals surface area contributed by atoms with Gasteiger partial charge in [0.05, 0.1) is 19.1 Å². The highest BCUT2D eigenvalue weighted by molar-refractivity contribution is 7.13. The Hall–Kier alpha value is -3.39. The number of hydrogen-bond donors (Lipinski definition) is 1. The van der Waals surface area contributed by atoms with E-state index in [1.54, 1.807) is 54.3 Å². The predicted molar refractivity (Wildman–Crippen MR) is 109 cm³/mol. The van der Waals surface area contributed by atoms with Crippen molar-refractivity contribution in [3.8, 4) is 22.1 Å². The first-order chi connectivity index (χ1) is 13.6. The van der Waals surface area contributed by atoms with Crippen LogP contribution in [0.2, 0.25) is 0 Å². The van der Waals surface area contributed by atoms with Crippen molar-refractivity contribution in [2.45, 2.75) is 6.92 Å². The Morgan fingerprint density at radius 3 is 2.64 bits per heavy atom. The molecule has 3 heterocycles. The molecule has 0 aliphatic heterocycles. The molecule has 0 radical (unpaired) electrons. The Labute approximate surface area is 165 Å². The molecular formula is C20H18N4O3S. The number of benzene rings is 1. The first kappa shape index (κ1) is 18.0. The second-order valence-corrected chi connectivity index (χ2v) is 7.03. The molecule has 0 saturated carbocycles. The SMILES string of the molecule is COc1ccc(NC(=O)c2cc(C)n3nc(-c4cccs4)cc3n2)cc1OC. The zero-order chi connectivity index (χ0) is 19.7. The Balaban J connectivity index is 1.64. The summed E-state index contributed by atoms with van der Waals surface area (Å²) in [6, 6.07) is 12.8. The van der Waals surface area contributed by atoms with E-state index in [4.69, 9.17) is 9.47 Å². The van der Waals surface area contributed by atoms with E-state index in [9.17, 15) is 4.79 Å². The molecule has 142 valence electrons. The van der Waals surface area contributed by atoms with Gasteiger partial charge >= 0.3 is 0 Å². The molecule has 1 aromatic carbocycles. The van der Waals surface area contributed by atoms with Gasteiger partial charge in [-0.15, -0.1) is 11.3 Å². The quantitative estimate of drug-likeness (QED) is 0.553. The van der Waals surface area contributed by atoms with Gasteiger partial charge in [0.2, 0.25) is 0 Å². The van der Waals surface area contributed by atoms with Gasteiger partial charge in [-0.3, -0.25) is 4.79 Å². The van der Waals surface area contributed by atoms with Crippen molar-refractivity contribution in [2.24, 2.45) is 0 Å². The van der Waals surface area contributed by atoms with Crippen LogP contribution in [0, 0.1) is 6.92 Å². The van der Waals surface area contributed by atoms with Crippen LogP contribution in [0.1, 0.15) is 16.2 Å². The smallest absolute Gasteiger partial charge is 0.274 e. The minimum atomic E-state index is -0.309. The van der Waals surface area contributed by atoms with Crippen LogP contribution in [0.15, 0.2) is 47.8 Å². The van der Waals surface area contributed by atoms with Crippen molar-refractivity contribution in [3.05, 3.63) is 59.2 Å². The zero-order valence-corrected chi connectivity index (χ0v) is 16.4. The molecule has 0 bridgehead atoms. The lowest BCUT2D eigenvalue weighted by atomic mass is 10.2. The Morgan fingerprint density at radius 2 is 1.93 bits per heavy atom. The van der Waals surface area contributed by atoms with Crippen LogP contribution in [-0.2, 0) is 0 Å². The lowest BCUT2D eigenvalue weighted by Crippen LogP contribution is -2.15. The van der Waals surface area contributed by atoms with Crippen LogP contribution < -0.4 is 14.8 Å². The van der Waals surface area contributed by atoms with E-state index < -0.39 is 0 Å². The summed E-state index contributed by atoms with van der Waals surface area (Å²) in [5.74, 6) is 0.823. The molecule has 0 aliphatic carbocycles. The second-order valence-electron chi connectivity index (χ2n) is 6.08. The van der Waals surface area contributed by atoms with Crippen LogP contribution >= 0.6 is 11.3 Å². The van der Waals surface area contributed by atoms with Gasteiger partial charge < -0.3 is 14.8 Å². The number of methoxy groups -OCH3 is 2. The van der Waals surface area contributed by atoms with E-state index in [-0.39, 0.29) is 5.91 Å². The van der Waals surface area contributed by atoms with E-state index in [0.717, 1.165) is 16.3 Å². The number of thiophene rings is 1. The highest BCUT2D eigenvalue weighted by Crippen LogP contribution is 2.30. The monoisotopic (exact) mass is 394 g/mol. The van der Waals surface area contributed by atoms with Crippen molar-refractivity contribution < 1.29 is 14.3 Å². The van der Waals surface area contributed by atoms with Crippen LogP contribution in [0.4, 0.5) is 5.69 Å². The number of hydrogen-bond acceptors (Lipinski definition) is 6. The third kappa shape index (κ3) is 3.29. The summed E-state index contributed by atoms with van der Waals surface area (Å²) in [5.41, 5.74) is 3.20. The molecule has 0 spiro atoms. The third-order valence-corrected chi connectivity index (χ3v) is 5.15. The van der Waals surface area contributed by atoms with E-state index in [2.05, 4.69) is 15.4 Å². The van der Waals surface area contributed by atoms with Gasteiger partial charge in [0, 0.05) is 23.5 Å². The topological polar surface area (TPSA) is 77.8 Å². The van der Waals surface area contributed by atoms with Crippen molar-refractivity contribution >= 4 is 28.6 Å². The fourth-order valence-electron chi connectivity index (χ4n) is 2.90. The maximum Gasteiger partial charge on any atom is 0.274 e. The molecule has 0 saturated heterocycles. The summed E-state index contributed by atoms with van der Waals surface area (Å²) in [6.07, 6.45) is 0. The molecule has 1 N–H and O–H groups in total. The van der Waals surface area contributed by atoms with Crippen molar-refractivity contribution in [1.82, 2.24) is 14.6 Å². The number of rotatable bonds is 5. The lowest BCUT2D eigenvalue weighted by Gasteiger charge is -2.10. The molecule has 0 aliphatic rings. The lowest BCUT2D eigenvalue weighted by molar-refractivity contribution is 0.102. The molecule has 28 heavy (non-hydrogen) atoms. The van der Waals surface area contributed by atoms with E-state index >= 15 is 0 Å². The number of carbonyl (C=O) groups is 1. The Kier molecular flexibility index (Phi) is 4.70. The molecule has 0 unspecified atom stereocenters. The van der Waals surface area contributed by atoms with Crippen LogP contribution in [0.3, 0.4) is 0 Å². The van der Waals surface area contributed by atoms with Crippen LogP contribution in [0.5, 0.6) is 11.5 Å². The van der Waals surface area contributed by atoms with Crippen LogP contribution in [0.25, 0.3) is 16.2 Å². The maximum atomic E-state index is 12.7. The first-order valence-corrected chi connectivity index (χ1v) is 9.41. The average Bonchev–Trinajstić information content (AvgIpc) is 3.37. The van der Waals surface area contributed by atoms with E-state index in [0.29, 0.717) is 28.5 Å². The van der Waals surface area contributed by atoms with Gasteiger partial charge in [0.25, 0.3) is 5.91 Å². The van der Waals surface area contributed by atoms with Crippen molar-refractivity contribution in [1.29, 1.82) is 0 Å². The summed E-state index contributed by atoms with van der Waals surface area (Å²) in [4.78, 5) is 18.3. The molecule has 8 heteroatoms. The molecule has 4 aromatic rings. The van der Waals surface area contributed by atoms with Crippen molar-refractivity contribution in [3.63, 3.8) is 0 Å².